The second-order valence-corrected chi connectivity index (χ2v) is 6.81. The van der Waals surface area contributed by atoms with Crippen LogP contribution in [0.1, 0.15) is 33.4 Å². The monoisotopic (exact) mass is 309 g/mol. The topological polar surface area (TPSA) is 31.9 Å². The van der Waals surface area contributed by atoms with E-state index >= 15 is 0 Å². The molecule has 0 spiro atoms. The van der Waals surface area contributed by atoms with Crippen LogP contribution in [0.25, 0.3) is 0 Å². The first-order valence-electron chi connectivity index (χ1n) is 7.67. The van der Waals surface area contributed by atoms with Gasteiger partial charge in [-0.05, 0) is 29.5 Å². The SMILES string of the molecule is Cc1ccccc1CN1CCc2[nH]cnc2C1c1cccs1. The molecule has 0 amide bonds. The molecule has 3 aromatic rings. The molecule has 3 nitrogen and oxygen atoms in total. The molecule has 0 bridgehead atoms. The van der Waals surface area contributed by atoms with E-state index < -0.39 is 0 Å². The minimum atomic E-state index is 0.273. The van der Waals surface area contributed by atoms with Crippen LogP contribution in [-0.2, 0) is 13.0 Å². The van der Waals surface area contributed by atoms with Gasteiger partial charge < -0.3 is 4.98 Å². The number of fused-ring (bicyclic) bond motifs is 1. The third-order valence-corrected chi connectivity index (χ3v) is 5.40. The average Bonchev–Trinajstić information content (AvgIpc) is 3.20. The Morgan fingerprint density at radius 1 is 1.27 bits per heavy atom. The lowest BCUT2D eigenvalue weighted by Gasteiger charge is -2.34. The van der Waals surface area contributed by atoms with Crippen molar-refractivity contribution in [3.63, 3.8) is 0 Å². The largest absolute Gasteiger partial charge is 0.348 e. The Morgan fingerprint density at radius 3 is 3.00 bits per heavy atom. The molecule has 22 heavy (non-hydrogen) atoms. The highest BCUT2D eigenvalue weighted by atomic mass is 32.1. The Hall–Kier alpha value is -1.91. The van der Waals surface area contributed by atoms with E-state index in [2.05, 4.69) is 63.6 Å². The van der Waals surface area contributed by atoms with Gasteiger partial charge in [-0.2, -0.15) is 0 Å². The van der Waals surface area contributed by atoms with Gasteiger partial charge in [0.15, 0.2) is 0 Å². The Bertz CT molecular complexity index is 760. The normalized spacial score (nSPS) is 18.3. The number of aromatic nitrogens is 2. The number of nitrogens with zero attached hydrogens (tertiary/aromatic N) is 2. The molecule has 1 unspecified atom stereocenters. The summed E-state index contributed by atoms with van der Waals surface area (Å²) < 4.78 is 0. The Morgan fingerprint density at radius 2 is 2.18 bits per heavy atom. The molecule has 0 fully saturated rings. The van der Waals surface area contributed by atoms with E-state index in [1.54, 1.807) is 0 Å². The third kappa shape index (κ3) is 2.38. The summed E-state index contributed by atoms with van der Waals surface area (Å²) in [4.78, 5) is 11.9. The van der Waals surface area contributed by atoms with Crippen LogP contribution >= 0.6 is 11.3 Å². The van der Waals surface area contributed by atoms with Gasteiger partial charge in [0.05, 0.1) is 18.1 Å². The van der Waals surface area contributed by atoms with Crippen LogP contribution in [0.3, 0.4) is 0 Å². The fourth-order valence-electron chi connectivity index (χ4n) is 3.26. The maximum absolute atomic E-state index is 4.62. The minimum absolute atomic E-state index is 0.273. The molecule has 4 heteroatoms. The third-order valence-electron chi connectivity index (χ3n) is 4.47. The Kier molecular flexibility index (Phi) is 3.56. The molecule has 0 saturated carbocycles. The van der Waals surface area contributed by atoms with Gasteiger partial charge in [-0.25, -0.2) is 4.98 Å². The number of aromatic amines is 1. The summed E-state index contributed by atoms with van der Waals surface area (Å²) in [5.74, 6) is 0. The van der Waals surface area contributed by atoms with Gasteiger partial charge in [0.25, 0.3) is 0 Å². The first-order chi connectivity index (χ1) is 10.8. The molecule has 0 saturated heterocycles. The van der Waals surface area contributed by atoms with Crippen LogP contribution in [0.15, 0.2) is 48.1 Å². The average molecular weight is 309 g/mol. The number of hydrogen-bond acceptors (Lipinski definition) is 3. The van der Waals surface area contributed by atoms with Crippen LogP contribution in [0.2, 0.25) is 0 Å². The molecule has 1 atom stereocenters. The lowest BCUT2D eigenvalue weighted by atomic mass is 9.99. The molecule has 1 N–H and O–H groups in total. The van der Waals surface area contributed by atoms with E-state index in [4.69, 9.17) is 0 Å². The second kappa shape index (κ2) is 5.71. The summed E-state index contributed by atoms with van der Waals surface area (Å²) >= 11 is 1.82. The van der Waals surface area contributed by atoms with Gasteiger partial charge in [-0.1, -0.05) is 30.3 Å². The quantitative estimate of drug-likeness (QED) is 0.795. The van der Waals surface area contributed by atoms with Crippen molar-refractivity contribution < 1.29 is 0 Å². The molecular weight excluding hydrogens is 290 g/mol. The molecule has 1 aliphatic heterocycles. The van der Waals surface area contributed by atoms with E-state index in [1.807, 2.05) is 17.7 Å². The molecule has 3 heterocycles. The number of hydrogen-bond donors (Lipinski definition) is 1. The van der Waals surface area contributed by atoms with Crippen LogP contribution in [0.4, 0.5) is 0 Å². The Balaban J connectivity index is 1.71. The second-order valence-electron chi connectivity index (χ2n) is 5.83. The fourth-order valence-corrected chi connectivity index (χ4v) is 4.12. The van der Waals surface area contributed by atoms with E-state index in [0.717, 1.165) is 19.5 Å². The van der Waals surface area contributed by atoms with Gasteiger partial charge in [0.2, 0.25) is 0 Å². The predicted molar refractivity (Wildman–Crippen MR) is 90.0 cm³/mol. The minimum Gasteiger partial charge on any atom is -0.348 e. The predicted octanol–water partition coefficient (Wildman–Crippen LogP) is 3.93. The van der Waals surface area contributed by atoms with Crippen molar-refractivity contribution in [2.45, 2.75) is 25.9 Å². The van der Waals surface area contributed by atoms with Gasteiger partial charge in [0, 0.05) is 30.1 Å². The van der Waals surface area contributed by atoms with Gasteiger partial charge in [0.1, 0.15) is 0 Å². The molecule has 4 rings (SSSR count). The summed E-state index contributed by atoms with van der Waals surface area (Å²) in [6, 6.07) is 13.3. The van der Waals surface area contributed by atoms with Gasteiger partial charge in [-0.15, -0.1) is 11.3 Å². The highest BCUT2D eigenvalue weighted by molar-refractivity contribution is 7.10. The summed E-state index contributed by atoms with van der Waals surface area (Å²) in [5.41, 5.74) is 5.25. The summed E-state index contributed by atoms with van der Waals surface area (Å²) in [6.07, 6.45) is 2.88. The lowest BCUT2D eigenvalue weighted by molar-refractivity contribution is 0.202. The zero-order valence-corrected chi connectivity index (χ0v) is 13.4. The number of H-pyrrole nitrogens is 1. The number of nitrogens with one attached hydrogen (secondary N) is 1. The van der Waals surface area contributed by atoms with E-state index in [0.29, 0.717) is 0 Å². The summed E-state index contributed by atoms with van der Waals surface area (Å²) in [6.45, 7) is 4.23. The standard InChI is InChI=1S/C18H19N3S/c1-13-5-2-3-6-14(13)11-21-9-8-15-17(20-12-19-15)18(21)16-7-4-10-22-16/h2-7,10,12,18H,8-9,11H2,1H3,(H,19,20). The van der Waals surface area contributed by atoms with Crippen LogP contribution in [-0.4, -0.2) is 21.4 Å². The molecule has 0 radical (unpaired) electrons. The van der Waals surface area contributed by atoms with Crippen molar-refractivity contribution in [2.24, 2.45) is 0 Å². The first-order valence-corrected chi connectivity index (χ1v) is 8.55. The smallest absolute Gasteiger partial charge is 0.0926 e. The number of aryl methyl sites for hydroxylation is 1. The molecule has 1 aliphatic rings. The first kappa shape index (κ1) is 13.7. The zero-order chi connectivity index (χ0) is 14.9. The van der Waals surface area contributed by atoms with Crippen LogP contribution < -0.4 is 0 Å². The number of imidazole rings is 1. The number of rotatable bonds is 3. The highest BCUT2D eigenvalue weighted by Gasteiger charge is 2.31. The van der Waals surface area contributed by atoms with Crippen molar-refractivity contribution in [1.82, 2.24) is 14.9 Å². The van der Waals surface area contributed by atoms with Crippen molar-refractivity contribution in [3.8, 4) is 0 Å². The molecule has 112 valence electrons. The maximum Gasteiger partial charge on any atom is 0.0926 e. The summed E-state index contributed by atoms with van der Waals surface area (Å²) in [7, 11) is 0. The maximum atomic E-state index is 4.62. The number of benzene rings is 1. The van der Waals surface area contributed by atoms with Gasteiger partial charge in [-0.3, -0.25) is 4.90 Å². The van der Waals surface area contributed by atoms with Gasteiger partial charge >= 0.3 is 0 Å². The summed E-state index contributed by atoms with van der Waals surface area (Å²) in [5, 5.41) is 2.15. The van der Waals surface area contributed by atoms with E-state index in [9.17, 15) is 0 Å². The van der Waals surface area contributed by atoms with E-state index in [1.165, 1.54) is 27.4 Å². The molecule has 0 aliphatic carbocycles. The zero-order valence-electron chi connectivity index (χ0n) is 12.6. The van der Waals surface area contributed by atoms with Crippen molar-refractivity contribution in [1.29, 1.82) is 0 Å². The van der Waals surface area contributed by atoms with E-state index in [-0.39, 0.29) is 6.04 Å². The molecular formula is C18H19N3S. The number of thiophene rings is 1. The highest BCUT2D eigenvalue weighted by Crippen LogP contribution is 2.36. The molecule has 1 aromatic carbocycles. The fraction of sp³-hybridized carbons (Fsp3) is 0.278. The van der Waals surface area contributed by atoms with Crippen molar-refractivity contribution >= 4 is 11.3 Å². The van der Waals surface area contributed by atoms with Crippen molar-refractivity contribution in [2.75, 3.05) is 6.54 Å². The molecule has 2 aromatic heterocycles. The van der Waals surface area contributed by atoms with Crippen LogP contribution in [0.5, 0.6) is 0 Å². The van der Waals surface area contributed by atoms with Crippen LogP contribution in [0, 0.1) is 6.92 Å². The Labute approximate surface area is 134 Å². The van der Waals surface area contributed by atoms with Crippen molar-refractivity contribution in [3.05, 3.63) is 75.5 Å². The lowest BCUT2D eigenvalue weighted by Crippen LogP contribution is -2.35.